The van der Waals surface area contributed by atoms with Crippen molar-refractivity contribution in [1.82, 2.24) is 25.1 Å². The number of amides is 1. The Labute approximate surface area is 151 Å². The average molecular weight is 374 g/mol. The van der Waals surface area contributed by atoms with Crippen LogP contribution in [0.15, 0.2) is 42.7 Å². The van der Waals surface area contributed by atoms with Crippen molar-refractivity contribution < 1.29 is 18.0 Å². The van der Waals surface area contributed by atoms with Gasteiger partial charge in [-0.25, -0.2) is 4.98 Å². The molecule has 0 saturated carbocycles. The molecule has 2 aromatic heterocycles. The molecular formula is C17H13F3N6O. The molecule has 0 unspecified atom stereocenters. The first-order chi connectivity index (χ1) is 12.9. The zero-order valence-corrected chi connectivity index (χ0v) is 13.8. The molecule has 1 aliphatic rings. The molecule has 3 heterocycles. The highest BCUT2D eigenvalue weighted by atomic mass is 19.4. The van der Waals surface area contributed by atoms with Crippen molar-refractivity contribution in [3.63, 3.8) is 0 Å². The van der Waals surface area contributed by atoms with E-state index in [1.54, 1.807) is 24.3 Å². The second-order valence-electron chi connectivity index (χ2n) is 5.95. The molecule has 0 spiro atoms. The number of rotatable bonds is 4. The summed E-state index contributed by atoms with van der Waals surface area (Å²) >= 11 is 0. The van der Waals surface area contributed by atoms with Crippen LogP contribution in [0.3, 0.4) is 0 Å². The highest BCUT2D eigenvalue weighted by molar-refractivity contribution is 6.04. The molecule has 1 aliphatic heterocycles. The third-order valence-electron chi connectivity index (χ3n) is 4.02. The van der Waals surface area contributed by atoms with Gasteiger partial charge >= 0.3 is 6.18 Å². The highest BCUT2D eigenvalue weighted by Crippen LogP contribution is 2.28. The molecule has 138 valence electrons. The molecule has 2 N–H and O–H groups in total. The summed E-state index contributed by atoms with van der Waals surface area (Å²) in [5.41, 5.74) is 2.21. The van der Waals surface area contributed by atoms with Crippen molar-refractivity contribution in [2.45, 2.75) is 19.3 Å². The SMILES string of the molecule is O=C1NCc2cccc(Nc3cccc(-c4nncn4CC(F)(F)F)n3)c21. The van der Waals surface area contributed by atoms with E-state index in [0.717, 1.165) is 16.5 Å². The number of aromatic nitrogens is 4. The predicted molar refractivity (Wildman–Crippen MR) is 90.2 cm³/mol. The third-order valence-corrected chi connectivity index (χ3v) is 4.02. The lowest BCUT2D eigenvalue weighted by molar-refractivity contribution is -0.140. The van der Waals surface area contributed by atoms with Gasteiger partial charge in [0.1, 0.15) is 24.4 Å². The Morgan fingerprint density at radius 1 is 1.19 bits per heavy atom. The second kappa shape index (κ2) is 6.38. The van der Waals surface area contributed by atoms with E-state index in [-0.39, 0.29) is 17.4 Å². The number of alkyl halides is 3. The first kappa shape index (κ1) is 17.0. The lowest BCUT2D eigenvalue weighted by Gasteiger charge is -2.11. The van der Waals surface area contributed by atoms with E-state index in [1.165, 1.54) is 0 Å². The Bertz CT molecular complexity index is 1010. The van der Waals surface area contributed by atoms with E-state index in [1.807, 2.05) is 12.1 Å². The summed E-state index contributed by atoms with van der Waals surface area (Å²) in [6.07, 6.45) is -3.38. The smallest absolute Gasteiger partial charge is 0.348 e. The fourth-order valence-electron chi connectivity index (χ4n) is 2.91. The number of pyridine rings is 1. The van der Waals surface area contributed by atoms with Gasteiger partial charge in [0.05, 0.1) is 11.3 Å². The van der Waals surface area contributed by atoms with Gasteiger partial charge in [-0.05, 0) is 23.8 Å². The van der Waals surface area contributed by atoms with E-state index in [0.29, 0.717) is 23.6 Å². The molecule has 1 amide bonds. The summed E-state index contributed by atoms with van der Waals surface area (Å²) in [6, 6.07) is 10.2. The maximum Gasteiger partial charge on any atom is 0.406 e. The monoisotopic (exact) mass is 374 g/mol. The van der Waals surface area contributed by atoms with Crippen molar-refractivity contribution in [3.8, 4) is 11.5 Å². The summed E-state index contributed by atoms with van der Waals surface area (Å²) in [7, 11) is 0. The van der Waals surface area contributed by atoms with Crippen LogP contribution in [0, 0.1) is 0 Å². The first-order valence-electron chi connectivity index (χ1n) is 8.00. The number of carbonyl (C=O) groups is 1. The number of anilines is 2. The summed E-state index contributed by atoms with van der Waals surface area (Å²) < 4.78 is 39.0. The summed E-state index contributed by atoms with van der Waals surface area (Å²) in [5.74, 6) is 0.198. The number of carbonyl (C=O) groups excluding carboxylic acids is 1. The minimum absolute atomic E-state index is 0.00649. The Morgan fingerprint density at radius 2 is 2.00 bits per heavy atom. The molecule has 0 atom stereocenters. The van der Waals surface area contributed by atoms with Crippen LogP contribution in [-0.2, 0) is 13.1 Å². The topological polar surface area (TPSA) is 84.7 Å². The van der Waals surface area contributed by atoms with Gasteiger partial charge in [0.15, 0.2) is 5.82 Å². The quantitative estimate of drug-likeness (QED) is 0.734. The van der Waals surface area contributed by atoms with Crippen molar-refractivity contribution in [3.05, 3.63) is 53.9 Å². The number of nitrogens with zero attached hydrogens (tertiary/aromatic N) is 4. The van der Waals surface area contributed by atoms with Crippen LogP contribution >= 0.6 is 0 Å². The van der Waals surface area contributed by atoms with Crippen molar-refractivity contribution >= 4 is 17.4 Å². The zero-order valence-electron chi connectivity index (χ0n) is 13.8. The fourth-order valence-corrected chi connectivity index (χ4v) is 2.91. The highest BCUT2D eigenvalue weighted by Gasteiger charge is 2.29. The Balaban J connectivity index is 1.65. The standard InChI is InChI=1S/C17H13F3N6O/c18-17(19,20)8-26-9-22-25-15(26)12-5-2-6-13(24-12)23-11-4-1-3-10-7-21-16(27)14(10)11/h1-6,9H,7-8H2,(H,21,27)(H,23,24). The predicted octanol–water partition coefficient (Wildman–Crippen LogP) is 2.89. The fraction of sp³-hybridized carbons (Fsp3) is 0.176. The molecule has 1 aromatic carbocycles. The van der Waals surface area contributed by atoms with E-state index in [2.05, 4.69) is 25.8 Å². The van der Waals surface area contributed by atoms with Gasteiger partial charge in [0.25, 0.3) is 5.91 Å². The number of hydrogen-bond acceptors (Lipinski definition) is 5. The number of nitrogens with one attached hydrogen (secondary N) is 2. The third kappa shape index (κ3) is 3.46. The lowest BCUT2D eigenvalue weighted by atomic mass is 10.1. The Hall–Kier alpha value is -3.43. The van der Waals surface area contributed by atoms with Gasteiger partial charge in [-0.2, -0.15) is 13.2 Å². The minimum Gasteiger partial charge on any atom is -0.348 e. The van der Waals surface area contributed by atoms with Crippen LogP contribution in [0.5, 0.6) is 0 Å². The molecule has 4 rings (SSSR count). The second-order valence-corrected chi connectivity index (χ2v) is 5.95. The van der Waals surface area contributed by atoms with E-state index in [4.69, 9.17) is 0 Å². The maximum absolute atomic E-state index is 12.7. The number of fused-ring (bicyclic) bond motifs is 1. The van der Waals surface area contributed by atoms with E-state index in [9.17, 15) is 18.0 Å². The zero-order chi connectivity index (χ0) is 19.0. The largest absolute Gasteiger partial charge is 0.406 e. The van der Waals surface area contributed by atoms with Gasteiger partial charge in [-0.15, -0.1) is 10.2 Å². The van der Waals surface area contributed by atoms with Crippen molar-refractivity contribution in [2.75, 3.05) is 5.32 Å². The Kier molecular flexibility index (Phi) is 4.02. The minimum atomic E-state index is -4.40. The van der Waals surface area contributed by atoms with Crippen LogP contribution in [0.2, 0.25) is 0 Å². The Morgan fingerprint density at radius 3 is 2.81 bits per heavy atom. The van der Waals surface area contributed by atoms with Gasteiger partial charge in [0.2, 0.25) is 0 Å². The molecule has 0 radical (unpaired) electrons. The maximum atomic E-state index is 12.7. The summed E-state index contributed by atoms with van der Waals surface area (Å²) in [4.78, 5) is 16.3. The number of halogens is 3. The number of hydrogen-bond donors (Lipinski definition) is 2. The van der Waals surface area contributed by atoms with Crippen LogP contribution in [0.25, 0.3) is 11.5 Å². The molecule has 3 aromatic rings. The van der Waals surface area contributed by atoms with Crippen LogP contribution in [0.1, 0.15) is 15.9 Å². The average Bonchev–Trinajstić information content (AvgIpc) is 3.21. The normalized spacial score (nSPS) is 13.4. The first-order valence-corrected chi connectivity index (χ1v) is 8.00. The summed E-state index contributed by atoms with van der Waals surface area (Å²) in [5, 5.41) is 13.1. The van der Waals surface area contributed by atoms with Crippen LogP contribution < -0.4 is 10.6 Å². The molecule has 10 heteroatoms. The van der Waals surface area contributed by atoms with Crippen LogP contribution in [0.4, 0.5) is 24.7 Å². The molecule has 0 saturated heterocycles. The molecule has 27 heavy (non-hydrogen) atoms. The van der Waals surface area contributed by atoms with Crippen molar-refractivity contribution in [1.29, 1.82) is 0 Å². The van der Waals surface area contributed by atoms with Gasteiger partial charge in [-0.3, -0.25) is 4.79 Å². The molecule has 0 fully saturated rings. The molecular weight excluding hydrogens is 361 g/mol. The summed E-state index contributed by atoms with van der Waals surface area (Å²) in [6.45, 7) is -0.751. The number of benzene rings is 1. The van der Waals surface area contributed by atoms with Gasteiger partial charge in [-0.1, -0.05) is 18.2 Å². The lowest BCUT2D eigenvalue weighted by Crippen LogP contribution is -2.18. The van der Waals surface area contributed by atoms with Gasteiger partial charge in [0, 0.05) is 6.54 Å². The molecule has 7 nitrogen and oxygen atoms in total. The molecule has 0 bridgehead atoms. The van der Waals surface area contributed by atoms with Crippen LogP contribution in [-0.4, -0.2) is 31.8 Å². The van der Waals surface area contributed by atoms with Gasteiger partial charge < -0.3 is 15.2 Å². The van der Waals surface area contributed by atoms with E-state index >= 15 is 0 Å². The van der Waals surface area contributed by atoms with E-state index < -0.39 is 12.7 Å². The van der Waals surface area contributed by atoms with Crippen molar-refractivity contribution in [2.24, 2.45) is 0 Å². The molecule has 0 aliphatic carbocycles.